The molecule has 1 aromatic heterocycles. The summed E-state index contributed by atoms with van der Waals surface area (Å²) in [4.78, 5) is 3.30. The average molecular weight is 341 g/mol. The van der Waals surface area contributed by atoms with Crippen LogP contribution in [-0.4, -0.2) is 16.6 Å². The van der Waals surface area contributed by atoms with E-state index in [0.29, 0.717) is 18.2 Å². The zero-order chi connectivity index (χ0) is 16.9. The summed E-state index contributed by atoms with van der Waals surface area (Å²) in [7, 11) is 0. The number of fused-ring (bicyclic) bond motifs is 1. The number of H-pyrrole nitrogens is 1. The van der Waals surface area contributed by atoms with Crippen molar-refractivity contribution in [3.05, 3.63) is 71.2 Å². The van der Waals surface area contributed by atoms with Gasteiger partial charge in [-0.25, -0.2) is 4.39 Å². The normalized spacial score (nSPS) is 10.8. The Hall–Kier alpha value is -2.40. The van der Waals surface area contributed by atoms with Gasteiger partial charge in [0, 0.05) is 29.7 Å². The molecule has 0 bridgehead atoms. The Morgan fingerprint density at radius 3 is 2.71 bits per heavy atom. The Morgan fingerprint density at radius 2 is 1.92 bits per heavy atom. The number of aromatic amines is 1. The van der Waals surface area contributed by atoms with E-state index in [2.05, 4.69) is 27.8 Å². The number of thiocarbonyl (C=S) groups is 1. The van der Waals surface area contributed by atoms with E-state index in [4.69, 9.17) is 12.2 Å². The highest BCUT2D eigenvalue weighted by atomic mass is 32.1. The highest BCUT2D eigenvalue weighted by molar-refractivity contribution is 7.80. The molecule has 0 aliphatic rings. The fourth-order valence-electron chi connectivity index (χ4n) is 2.82. The van der Waals surface area contributed by atoms with Crippen molar-refractivity contribution in [2.75, 3.05) is 6.54 Å². The predicted octanol–water partition coefficient (Wildman–Crippen LogP) is 3.82. The number of halogens is 1. The van der Waals surface area contributed by atoms with E-state index in [1.807, 2.05) is 25.1 Å². The highest BCUT2D eigenvalue weighted by Crippen LogP contribution is 2.23. The van der Waals surface area contributed by atoms with Gasteiger partial charge in [0.25, 0.3) is 0 Å². The van der Waals surface area contributed by atoms with Crippen LogP contribution in [0.1, 0.15) is 16.8 Å². The molecule has 1 heterocycles. The number of hydrogen-bond donors (Lipinski definition) is 3. The first-order valence-electron chi connectivity index (χ1n) is 7.96. The molecule has 5 heteroatoms. The fourth-order valence-corrected chi connectivity index (χ4v) is 2.99. The van der Waals surface area contributed by atoms with Crippen LogP contribution in [0.5, 0.6) is 0 Å². The van der Waals surface area contributed by atoms with Crippen LogP contribution in [0.4, 0.5) is 4.39 Å². The van der Waals surface area contributed by atoms with Crippen LogP contribution in [0.3, 0.4) is 0 Å². The van der Waals surface area contributed by atoms with Crippen molar-refractivity contribution in [2.45, 2.75) is 19.9 Å². The Bertz CT molecular complexity index is 842. The van der Waals surface area contributed by atoms with E-state index in [1.165, 1.54) is 11.6 Å². The molecule has 2 aromatic carbocycles. The zero-order valence-electron chi connectivity index (χ0n) is 13.5. The zero-order valence-corrected chi connectivity index (χ0v) is 14.3. The van der Waals surface area contributed by atoms with E-state index >= 15 is 0 Å². The van der Waals surface area contributed by atoms with Gasteiger partial charge in [-0.15, -0.1) is 0 Å². The molecule has 0 saturated carbocycles. The number of nitrogens with one attached hydrogen (secondary N) is 3. The largest absolute Gasteiger partial charge is 0.362 e. The van der Waals surface area contributed by atoms with Gasteiger partial charge in [-0.3, -0.25) is 0 Å². The third-order valence-electron chi connectivity index (χ3n) is 4.04. The molecule has 0 aliphatic carbocycles. The minimum absolute atomic E-state index is 0.212. The average Bonchev–Trinajstić information content (AvgIpc) is 2.89. The SMILES string of the molecule is Cc1[nH]c2ccc(F)cc2c1CCNC(=S)NCc1ccccc1. The molecule has 0 radical (unpaired) electrons. The van der Waals surface area contributed by atoms with E-state index in [1.54, 1.807) is 12.1 Å². The summed E-state index contributed by atoms with van der Waals surface area (Å²) in [5, 5.41) is 7.97. The Morgan fingerprint density at radius 1 is 1.12 bits per heavy atom. The molecular weight excluding hydrogens is 321 g/mol. The maximum absolute atomic E-state index is 13.5. The summed E-state index contributed by atoms with van der Waals surface area (Å²) in [5.74, 6) is -0.212. The molecule has 0 atom stereocenters. The smallest absolute Gasteiger partial charge is 0.166 e. The maximum atomic E-state index is 13.5. The summed E-state index contributed by atoms with van der Waals surface area (Å²) < 4.78 is 13.5. The lowest BCUT2D eigenvalue weighted by Crippen LogP contribution is -2.35. The molecule has 0 spiro atoms. The van der Waals surface area contributed by atoms with Crippen LogP contribution >= 0.6 is 12.2 Å². The number of rotatable bonds is 5. The van der Waals surface area contributed by atoms with Gasteiger partial charge in [0.05, 0.1) is 0 Å². The first-order chi connectivity index (χ1) is 11.6. The number of aromatic nitrogens is 1. The topological polar surface area (TPSA) is 39.9 Å². The van der Waals surface area contributed by atoms with Crippen molar-refractivity contribution in [1.82, 2.24) is 15.6 Å². The molecule has 0 unspecified atom stereocenters. The Kier molecular flexibility index (Phi) is 5.11. The van der Waals surface area contributed by atoms with Crippen LogP contribution in [-0.2, 0) is 13.0 Å². The number of hydrogen-bond acceptors (Lipinski definition) is 1. The minimum Gasteiger partial charge on any atom is -0.362 e. The summed E-state index contributed by atoms with van der Waals surface area (Å²) in [6, 6.07) is 15.0. The summed E-state index contributed by atoms with van der Waals surface area (Å²) in [6.07, 6.45) is 0.780. The predicted molar refractivity (Wildman–Crippen MR) is 101 cm³/mol. The first-order valence-corrected chi connectivity index (χ1v) is 8.36. The number of benzene rings is 2. The molecule has 0 fully saturated rings. The van der Waals surface area contributed by atoms with Gasteiger partial charge in [-0.05, 0) is 54.9 Å². The fraction of sp³-hybridized carbons (Fsp3) is 0.211. The molecule has 0 aliphatic heterocycles. The van der Waals surface area contributed by atoms with E-state index < -0.39 is 0 Å². The summed E-state index contributed by atoms with van der Waals surface area (Å²) >= 11 is 5.31. The third kappa shape index (κ3) is 3.92. The minimum atomic E-state index is -0.212. The van der Waals surface area contributed by atoms with Crippen molar-refractivity contribution in [2.24, 2.45) is 0 Å². The molecule has 124 valence electrons. The van der Waals surface area contributed by atoms with Crippen molar-refractivity contribution in [3.63, 3.8) is 0 Å². The number of aryl methyl sites for hydroxylation is 1. The lowest BCUT2D eigenvalue weighted by molar-refractivity contribution is 0.629. The van der Waals surface area contributed by atoms with Gasteiger partial charge in [-0.1, -0.05) is 30.3 Å². The molecule has 3 N–H and O–H groups in total. The lowest BCUT2D eigenvalue weighted by Gasteiger charge is -2.10. The molecular formula is C19H20FN3S. The molecule has 3 aromatic rings. The van der Waals surface area contributed by atoms with Crippen molar-refractivity contribution in [3.8, 4) is 0 Å². The van der Waals surface area contributed by atoms with Gasteiger partial charge in [0.1, 0.15) is 5.82 Å². The molecule has 0 saturated heterocycles. The molecule has 0 amide bonds. The summed E-state index contributed by atoms with van der Waals surface area (Å²) in [6.45, 7) is 3.41. The Labute approximate surface area is 146 Å². The molecule has 24 heavy (non-hydrogen) atoms. The van der Waals surface area contributed by atoms with Gasteiger partial charge in [0.15, 0.2) is 5.11 Å². The van der Waals surface area contributed by atoms with Crippen molar-refractivity contribution >= 4 is 28.2 Å². The second-order valence-electron chi connectivity index (χ2n) is 5.76. The quantitative estimate of drug-likeness (QED) is 0.618. The summed E-state index contributed by atoms with van der Waals surface area (Å²) in [5.41, 5.74) is 4.35. The van der Waals surface area contributed by atoms with Crippen LogP contribution in [0.15, 0.2) is 48.5 Å². The van der Waals surface area contributed by atoms with Crippen LogP contribution in [0, 0.1) is 12.7 Å². The standard InChI is InChI=1S/C19H20FN3S/c1-13-16(17-11-15(20)7-8-18(17)23-13)9-10-21-19(24)22-12-14-5-3-2-4-6-14/h2-8,11,23H,9-10,12H2,1H3,(H2,21,22,24). The van der Waals surface area contributed by atoms with Crippen molar-refractivity contribution < 1.29 is 4.39 Å². The van der Waals surface area contributed by atoms with Gasteiger partial charge in [0.2, 0.25) is 0 Å². The Balaban J connectivity index is 1.54. The third-order valence-corrected chi connectivity index (χ3v) is 4.33. The molecule has 3 nitrogen and oxygen atoms in total. The van der Waals surface area contributed by atoms with E-state index in [9.17, 15) is 4.39 Å². The van der Waals surface area contributed by atoms with Crippen molar-refractivity contribution in [1.29, 1.82) is 0 Å². The van der Waals surface area contributed by atoms with Crippen LogP contribution < -0.4 is 10.6 Å². The first kappa shape index (κ1) is 16.5. The van der Waals surface area contributed by atoms with E-state index in [-0.39, 0.29) is 5.82 Å². The lowest BCUT2D eigenvalue weighted by atomic mass is 10.1. The van der Waals surface area contributed by atoms with Crippen LogP contribution in [0.25, 0.3) is 10.9 Å². The second-order valence-corrected chi connectivity index (χ2v) is 6.17. The molecule has 3 rings (SSSR count). The monoisotopic (exact) mass is 341 g/mol. The van der Waals surface area contributed by atoms with Crippen LogP contribution in [0.2, 0.25) is 0 Å². The van der Waals surface area contributed by atoms with Gasteiger partial charge >= 0.3 is 0 Å². The maximum Gasteiger partial charge on any atom is 0.166 e. The van der Waals surface area contributed by atoms with E-state index in [0.717, 1.165) is 28.6 Å². The van der Waals surface area contributed by atoms with Gasteiger partial charge in [-0.2, -0.15) is 0 Å². The van der Waals surface area contributed by atoms with Gasteiger partial charge < -0.3 is 15.6 Å². The second kappa shape index (κ2) is 7.45. The highest BCUT2D eigenvalue weighted by Gasteiger charge is 2.09.